The van der Waals surface area contributed by atoms with E-state index in [-0.39, 0.29) is 5.91 Å². The second-order valence-electron chi connectivity index (χ2n) is 5.02. The largest absolute Gasteiger partial charge is 0.496 e. The number of thioether (sulfide) groups is 1. The van der Waals surface area contributed by atoms with Gasteiger partial charge in [-0.1, -0.05) is 0 Å². The van der Waals surface area contributed by atoms with Crippen LogP contribution in [0.4, 0.5) is 0 Å². The van der Waals surface area contributed by atoms with Crippen LogP contribution >= 0.6 is 11.8 Å². The van der Waals surface area contributed by atoms with Gasteiger partial charge in [-0.25, -0.2) is 4.98 Å². The van der Waals surface area contributed by atoms with Crippen molar-refractivity contribution in [2.24, 2.45) is 0 Å². The maximum Gasteiger partial charge on any atom is 0.229 e. The van der Waals surface area contributed by atoms with Gasteiger partial charge in [0, 0.05) is 19.7 Å². The summed E-state index contributed by atoms with van der Waals surface area (Å²) in [4.78, 5) is 17.8. The molecule has 7 heteroatoms. The Labute approximate surface area is 138 Å². The normalized spacial score (nSPS) is 11.1. The Morgan fingerprint density at radius 2 is 2.13 bits per heavy atom. The van der Waals surface area contributed by atoms with Gasteiger partial charge in [0.05, 0.1) is 17.5 Å². The molecular weight excluding hydrogens is 312 g/mol. The summed E-state index contributed by atoms with van der Waals surface area (Å²) in [5, 5.41) is 4.48. The van der Waals surface area contributed by atoms with Gasteiger partial charge in [-0.05, 0) is 31.4 Å². The number of ether oxygens (including phenoxy) is 1. The van der Waals surface area contributed by atoms with E-state index in [2.05, 4.69) is 5.10 Å². The van der Waals surface area contributed by atoms with E-state index < -0.39 is 0 Å². The van der Waals surface area contributed by atoms with Gasteiger partial charge in [0.2, 0.25) is 5.91 Å². The molecule has 3 aromatic rings. The lowest BCUT2D eigenvalue weighted by Gasteiger charge is -2.07. The Kier molecular flexibility index (Phi) is 4.12. The second-order valence-corrected chi connectivity index (χ2v) is 5.83. The van der Waals surface area contributed by atoms with Crippen LogP contribution in [-0.4, -0.2) is 38.6 Å². The van der Waals surface area contributed by atoms with Crippen LogP contribution in [0.2, 0.25) is 0 Å². The molecule has 6 nitrogen and oxygen atoms in total. The Morgan fingerprint density at radius 1 is 1.35 bits per heavy atom. The lowest BCUT2D eigenvalue weighted by molar-refractivity contribution is 0.0943. The second kappa shape index (κ2) is 6.08. The molecule has 120 valence electrons. The number of carbonyl (C=O) groups excluding carboxylic acids is 1. The number of methoxy groups -OCH3 is 1. The molecule has 0 N–H and O–H groups in total. The Hall–Kier alpha value is -2.28. The van der Waals surface area contributed by atoms with Gasteiger partial charge in [-0.15, -0.1) is 11.8 Å². The summed E-state index contributed by atoms with van der Waals surface area (Å²) in [6.45, 7) is 4.32. The van der Waals surface area contributed by atoms with Crippen molar-refractivity contribution in [1.82, 2.24) is 19.3 Å². The molecule has 0 amide bonds. The molecule has 0 aliphatic rings. The highest BCUT2D eigenvalue weighted by molar-refractivity contribution is 7.99. The Bertz CT molecular complexity index is 882. The van der Waals surface area contributed by atoms with E-state index in [1.54, 1.807) is 23.4 Å². The van der Waals surface area contributed by atoms with E-state index in [1.165, 1.54) is 6.92 Å². The molecule has 0 radical (unpaired) electrons. The first-order chi connectivity index (χ1) is 11.1. The number of rotatable bonds is 4. The SMILES string of the molecule is CCn1ccc(-c2nc3c(SC)c(OC)ccc3n2C(C)=O)n1. The summed E-state index contributed by atoms with van der Waals surface area (Å²) in [7, 11) is 1.63. The zero-order chi connectivity index (χ0) is 16.6. The summed E-state index contributed by atoms with van der Waals surface area (Å²) in [6, 6.07) is 5.60. The predicted molar refractivity (Wildman–Crippen MR) is 91.3 cm³/mol. The van der Waals surface area contributed by atoms with Gasteiger partial charge in [0.1, 0.15) is 17.0 Å². The molecule has 0 saturated carbocycles. The van der Waals surface area contributed by atoms with Crippen molar-refractivity contribution in [2.75, 3.05) is 13.4 Å². The number of hydrogen-bond donors (Lipinski definition) is 0. The molecule has 3 rings (SSSR count). The number of nitrogens with zero attached hydrogens (tertiary/aromatic N) is 4. The minimum Gasteiger partial charge on any atom is -0.496 e. The first kappa shape index (κ1) is 15.6. The van der Waals surface area contributed by atoms with Gasteiger partial charge in [-0.3, -0.25) is 14.0 Å². The van der Waals surface area contributed by atoms with Crippen molar-refractivity contribution in [3.05, 3.63) is 24.4 Å². The van der Waals surface area contributed by atoms with Crippen molar-refractivity contribution in [2.45, 2.75) is 25.3 Å². The van der Waals surface area contributed by atoms with E-state index in [0.717, 1.165) is 28.2 Å². The highest BCUT2D eigenvalue weighted by atomic mass is 32.2. The van der Waals surface area contributed by atoms with E-state index in [9.17, 15) is 4.79 Å². The van der Waals surface area contributed by atoms with Crippen LogP contribution in [0.5, 0.6) is 5.75 Å². The summed E-state index contributed by atoms with van der Waals surface area (Å²) >= 11 is 1.55. The molecule has 2 heterocycles. The number of aromatic nitrogens is 4. The summed E-state index contributed by atoms with van der Waals surface area (Å²) in [6.07, 6.45) is 3.85. The fraction of sp³-hybridized carbons (Fsp3) is 0.312. The first-order valence-electron chi connectivity index (χ1n) is 7.28. The number of carbonyl (C=O) groups is 1. The third-order valence-electron chi connectivity index (χ3n) is 3.68. The molecule has 0 atom stereocenters. The van der Waals surface area contributed by atoms with E-state index in [0.29, 0.717) is 11.5 Å². The minimum atomic E-state index is -0.0919. The summed E-state index contributed by atoms with van der Waals surface area (Å²) in [5.74, 6) is 1.22. The van der Waals surface area contributed by atoms with Crippen LogP contribution in [0, 0.1) is 0 Å². The summed E-state index contributed by atoms with van der Waals surface area (Å²) in [5.41, 5.74) is 2.21. The quantitative estimate of drug-likeness (QED) is 0.687. The average Bonchev–Trinajstić information content (AvgIpc) is 3.17. The van der Waals surface area contributed by atoms with Gasteiger partial charge >= 0.3 is 0 Å². The molecular formula is C16H18N4O2S. The molecule has 0 aliphatic heterocycles. The lowest BCUT2D eigenvalue weighted by Crippen LogP contribution is -2.08. The third kappa shape index (κ3) is 2.50. The Balaban J connectivity index is 2.33. The molecule has 0 unspecified atom stereocenters. The molecule has 0 fully saturated rings. The minimum absolute atomic E-state index is 0.0919. The number of fused-ring (bicyclic) bond motifs is 1. The van der Waals surface area contributed by atoms with Gasteiger partial charge < -0.3 is 4.74 Å². The van der Waals surface area contributed by atoms with Crippen LogP contribution < -0.4 is 4.74 Å². The monoisotopic (exact) mass is 330 g/mol. The van der Waals surface area contributed by atoms with Crippen LogP contribution in [0.25, 0.3) is 22.6 Å². The van der Waals surface area contributed by atoms with Crippen molar-refractivity contribution in [3.8, 4) is 17.3 Å². The zero-order valence-electron chi connectivity index (χ0n) is 13.5. The number of hydrogen-bond acceptors (Lipinski definition) is 5. The van der Waals surface area contributed by atoms with E-state index >= 15 is 0 Å². The molecule has 0 saturated heterocycles. The topological polar surface area (TPSA) is 61.9 Å². The summed E-state index contributed by atoms with van der Waals surface area (Å²) < 4.78 is 8.83. The smallest absolute Gasteiger partial charge is 0.229 e. The fourth-order valence-corrected chi connectivity index (χ4v) is 3.30. The molecule has 0 aliphatic carbocycles. The first-order valence-corrected chi connectivity index (χ1v) is 8.51. The van der Waals surface area contributed by atoms with Crippen molar-refractivity contribution >= 4 is 28.7 Å². The zero-order valence-corrected chi connectivity index (χ0v) is 14.3. The molecule has 1 aromatic carbocycles. The number of benzene rings is 1. The maximum absolute atomic E-state index is 12.2. The van der Waals surface area contributed by atoms with E-state index in [1.807, 2.05) is 42.3 Å². The molecule has 0 spiro atoms. The van der Waals surface area contributed by atoms with Crippen LogP contribution in [0.15, 0.2) is 29.3 Å². The highest BCUT2D eigenvalue weighted by Gasteiger charge is 2.21. The van der Waals surface area contributed by atoms with Crippen molar-refractivity contribution < 1.29 is 9.53 Å². The number of aryl methyl sites for hydroxylation is 1. The van der Waals surface area contributed by atoms with Gasteiger partial charge in [0.15, 0.2) is 5.82 Å². The van der Waals surface area contributed by atoms with Crippen LogP contribution in [-0.2, 0) is 6.54 Å². The predicted octanol–water partition coefficient (Wildman–Crippen LogP) is 3.31. The average molecular weight is 330 g/mol. The standard InChI is InChI=1S/C16H18N4O2S/c1-5-19-9-8-11(18-19)16-17-14-12(20(16)10(2)21)6-7-13(22-3)15(14)23-4/h6-9H,5H2,1-4H3. The van der Waals surface area contributed by atoms with Crippen molar-refractivity contribution in [3.63, 3.8) is 0 Å². The lowest BCUT2D eigenvalue weighted by atomic mass is 10.3. The number of imidazole rings is 1. The van der Waals surface area contributed by atoms with Crippen LogP contribution in [0.3, 0.4) is 0 Å². The Morgan fingerprint density at radius 3 is 2.70 bits per heavy atom. The van der Waals surface area contributed by atoms with Gasteiger partial charge in [0.25, 0.3) is 0 Å². The maximum atomic E-state index is 12.2. The third-order valence-corrected chi connectivity index (χ3v) is 4.48. The van der Waals surface area contributed by atoms with Gasteiger partial charge in [-0.2, -0.15) is 5.10 Å². The molecule has 23 heavy (non-hydrogen) atoms. The molecule has 0 bridgehead atoms. The van der Waals surface area contributed by atoms with Crippen molar-refractivity contribution in [1.29, 1.82) is 0 Å². The van der Waals surface area contributed by atoms with E-state index in [4.69, 9.17) is 9.72 Å². The highest BCUT2D eigenvalue weighted by Crippen LogP contribution is 2.36. The fourth-order valence-electron chi connectivity index (χ4n) is 2.61. The van der Waals surface area contributed by atoms with Crippen LogP contribution in [0.1, 0.15) is 18.6 Å². The molecule has 2 aromatic heterocycles.